The van der Waals surface area contributed by atoms with Crippen molar-refractivity contribution in [1.29, 1.82) is 0 Å². The van der Waals surface area contributed by atoms with Gasteiger partial charge >= 0.3 is 5.97 Å². The van der Waals surface area contributed by atoms with E-state index in [1.165, 1.54) is 11.3 Å². The molecule has 0 saturated carbocycles. The SMILES string of the molecule is N/C(=N\OC(=O)c1cccs1)c1ccc(Br)cc1. The quantitative estimate of drug-likeness (QED) is 0.408. The number of hydrogen-bond acceptors (Lipinski definition) is 4. The molecule has 2 aromatic rings. The normalized spacial score (nSPS) is 11.3. The molecule has 18 heavy (non-hydrogen) atoms. The maximum Gasteiger partial charge on any atom is 0.375 e. The van der Waals surface area contributed by atoms with Gasteiger partial charge in [-0.3, -0.25) is 0 Å². The average Bonchev–Trinajstić information content (AvgIpc) is 2.90. The standard InChI is InChI=1S/C12H9BrN2O2S/c13-9-5-3-8(4-6-9)11(14)15-17-12(16)10-2-1-7-18-10/h1-7H,(H2,14,15). The first-order valence-corrected chi connectivity index (χ1v) is 6.68. The van der Waals surface area contributed by atoms with Crippen LogP contribution in [-0.4, -0.2) is 11.8 Å². The van der Waals surface area contributed by atoms with Gasteiger partial charge in [-0.1, -0.05) is 39.3 Å². The predicted molar refractivity (Wildman–Crippen MR) is 74.6 cm³/mol. The minimum atomic E-state index is -0.509. The number of hydrogen-bond donors (Lipinski definition) is 1. The molecule has 0 unspecified atom stereocenters. The predicted octanol–water partition coefficient (Wildman–Crippen LogP) is 2.99. The highest BCUT2D eigenvalue weighted by Crippen LogP contribution is 2.12. The summed E-state index contributed by atoms with van der Waals surface area (Å²) in [4.78, 5) is 16.8. The van der Waals surface area contributed by atoms with Gasteiger partial charge in [0.25, 0.3) is 0 Å². The molecule has 1 aromatic heterocycles. The number of nitrogens with zero attached hydrogens (tertiary/aromatic N) is 1. The van der Waals surface area contributed by atoms with Crippen molar-refractivity contribution >= 4 is 39.1 Å². The monoisotopic (exact) mass is 324 g/mol. The summed E-state index contributed by atoms with van der Waals surface area (Å²) >= 11 is 4.61. The maximum absolute atomic E-state index is 11.5. The Morgan fingerprint density at radius 3 is 2.61 bits per heavy atom. The molecule has 92 valence electrons. The van der Waals surface area contributed by atoms with Crippen LogP contribution in [0.4, 0.5) is 0 Å². The molecule has 6 heteroatoms. The van der Waals surface area contributed by atoms with Crippen molar-refractivity contribution in [2.75, 3.05) is 0 Å². The number of halogens is 1. The average molecular weight is 325 g/mol. The lowest BCUT2D eigenvalue weighted by molar-refractivity contribution is 0.0522. The van der Waals surface area contributed by atoms with Gasteiger partial charge in [0.15, 0.2) is 5.84 Å². The Hall–Kier alpha value is -1.66. The summed E-state index contributed by atoms with van der Waals surface area (Å²) in [6.07, 6.45) is 0. The van der Waals surface area contributed by atoms with Crippen LogP contribution in [0, 0.1) is 0 Å². The van der Waals surface area contributed by atoms with E-state index in [1.54, 1.807) is 29.6 Å². The van der Waals surface area contributed by atoms with Crippen LogP contribution in [0.3, 0.4) is 0 Å². The van der Waals surface area contributed by atoms with Crippen LogP contribution in [0.25, 0.3) is 0 Å². The summed E-state index contributed by atoms with van der Waals surface area (Å²) in [5, 5.41) is 5.41. The second kappa shape index (κ2) is 5.79. The molecule has 1 heterocycles. The molecule has 0 saturated heterocycles. The lowest BCUT2D eigenvalue weighted by Crippen LogP contribution is -2.14. The van der Waals surface area contributed by atoms with E-state index in [0.717, 1.165) is 4.47 Å². The van der Waals surface area contributed by atoms with Crippen molar-refractivity contribution in [2.45, 2.75) is 0 Å². The summed E-state index contributed by atoms with van der Waals surface area (Å²) in [5.41, 5.74) is 6.40. The molecule has 0 amide bonds. The Bertz CT molecular complexity index is 564. The zero-order valence-corrected chi connectivity index (χ0v) is 11.6. The number of carbonyl (C=O) groups is 1. The summed E-state index contributed by atoms with van der Waals surface area (Å²) in [7, 11) is 0. The summed E-state index contributed by atoms with van der Waals surface area (Å²) < 4.78 is 0.939. The largest absolute Gasteiger partial charge is 0.380 e. The topological polar surface area (TPSA) is 64.7 Å². The molecule has 0 aliphatic heterocycles. The molecule has 0 atom stereocenters. The van der Waals surface area contributed by atoms with Crippen LogP contribution in [0.1, 0.15) is 15.2 Å². The number of rotatable bonds is 3. The van der Waals surface area contributed by atoms with Crippen LogP contribution in [0.15, 0.2) is 51.4 Å². The van der Waals surface area contributed by atoms with Crippen molar-refractivity contribution in [1.82, 2.24) is 0 Å². The van der Waals surface area contributed by atoms with Gasteiger partial charge in [-0.2, -0.15) is 0 Å². The third-order valence-corrected chi connectivity index (χ3v) is 3.47. The fourth-order valence-corrected chi connectivity index (χ4v) is 2.06. The Labute approximate surface area is 116 Å². The van der Waals surface area contributed by atoms with Gasteiger partial charge < -0.3 is 10.6 Å². The molecule has 0 bridgehead atoms. The van der Waals surface area contributed by atoms with Gasteiger partial charge in [-0.15, -0.1) is 11.3 Å². The van der Waals surface area contributed by atoms with Crippen LogP contribution in [-0.2, 0) is 4.84 Å². The molecule has 2 N–H and O–H groups in total. The third-order valence-electron chi connectivity index (χ3n) is 2.09. The van der Waals surface area contributed by atoms with Crippen molar-refractivity contribution in [2.24, 2.45) is 10.9 Å². The molecule has 0 fully saturated rings. The molecule has 0 radical (unpaired) electrons. The smallest absolute Gasteiger partial charge is 0.375 e. The van der Waals surface area contributed by atoms with Crippen LogP contribution in [0.5, 0.6) is 0 Å². The van der Waals surface area contributed by atoms with E-state index in [-0.39, 0.29) is 5.84 Å². The van der Waals surface area contributed by atoms with Crippen LogP contribution < -0.4 is 5.73 Å². The number of benzene rings is 1. The Morgan fingerprint density at radius 2 is 2.00 bits per heavy atom. The van der Waals surface area contributed by atoms with Gasteiger partial charge in [0.05, 0.1) is 0 Å². The number of amidine groups is 1. The lowest BCUT2D eigenvalue weighted by atomic mass is 10.2. The zero-order valence-electron chi connectivity index (χ0n) is 9.17. The highest BCUT2D eigenvalue weighted by Gasteiger charge is 2.08. The number of oxime groups is 1. The second-order valence-electron chi connectivity index (χ2n) is 3.34. The molecule has 0 spiro atoms. The van der Waals surface area contributed by atoms with Crippen molar-refractivity contribution in [3.8, 4) is 0 Å². The first-order valence-electron chi connectivity index (χ1n) is 5.01. The van der Waals surface area contributed by atoms with Crippen molar-refractivity contribution in [3.63, 3.8) is 0 Å². The van der Waals surface area contributed by atoms with Crippen molar-refractivity contribution in [3.05, 3.63) is 56.7 Å². The first-order chi connectivity index (χ1) is 8.66. The molecular weight excluding hydrogens is 316 g/mol. The Balaban J connectivity index is 2.05. The third kappa shape index (κ3) is 3.18. The van der Waals surface area contributed by atoms with Gasteiger partial charge in [-0.05, 0) is 23.6 Å². The maximum atomic E-state index is 11.5. The van der Waals surface area contributed by atoms with E-state index in [0.29, 0.717) is 10.4 Å². The molecule has 1 aromatic carbocycles. The zero-order chi connectivity index (χ0) is 13.0. The highest BCUT2D eigenvalue weighted by molar-refractivity contribution is 9.10. The van der Waals surface area contributed by atoms with Crippen molar-refractivity contribution < 1.29 is 9.63 Å². The molecule has 2 rings (SSSR count). The van der Waals surface area contributed by atoms with Crippen LogP contribution >= 0.6 is 27.3 Å². The van der Waals surface area contributed by atoms with Crippen LogP contribution in [0.2, 0.25) is 0 Å². The molecular formula is C12H9BrN2O2S. The van der Waals surface area contributed by atoms with E-state index in [9.17, 15) is 4.79 Å². The van der Waals surface area contributed by atoms with Gasteiger partial charge in [0.2, 0.25) is 0 Å². The summed E-state index contributed by atoms with van der Waals surface area (Å²) in [6.45, 7) is 0. The van der Waals surface area contributed by atoms with E-state index in [2.05, 4.69) is 21.1 Å². The first kappa shape index (κ1) is 12.8. The molecule has 0 aliphatic carbocycles. The summed E-state index contributed by atoms with van der Waals surface area (Å²) in [5.74, 6) is -0.350. The van der Waals surface area contributed by atoms with Gasteiger partial charge in [0.1, 0.15) is 4.88 Å². The number of nitrogens with two attached hydrogens (primary N) is 1. The second-order valence-corrected chi connectivity index (χ2v) is 5.20. The fraction of sp³-hybridized carbons (Fsp3) is 0. The van der Waals surface area contributed by atoms with Gasteiger partial charge in [-0.25, -0.2) is 4.79 Å². The fourth-order valence-electron chi connectivity index (χ4n) is 1.20. The van der Waals surface area contributed by atoms with E-state index >= 15 is 0 Å². The number of carbonyl (C=O) groups excluding carboxylic acids is 1. The highest BCUT2D eigenvalue weighted by atomic mass is 79.9. The minimum absolute atomic E-state index is 0.160. The summed E-state index contributed by atoms with van der Waals surface area (Å²) in [6, 6.07) is 10.7. The minimum Gasteiger partial charge on any atom is -0.380 e. The Morgan fingerprint density at radius 1 is 1.28 bits per heavy atom. The van der Waals surface area contributed by atoms with E-state index in [4.69, 9.17) is 10.6 Å². The van der Waals surface area contributed by atoms with Gasteiger partial charge in [0, 0.05) is 10.0 Å². The number of thiophene rings is 1. The Kier molecular flexibility index (Phi) is 4.11. The van der Waals surface area contributed by atoms with E-state index < -0.39 is 5.97 Å². The lowest BCUT2D eigenvalue weighted by Gasteiger charge is -2.00. The molecule has 4 nitrogen and oxygen atoms in total. The molecule has 0 aliphatic rings. The van der Waals surface area contributed by atoms with E-state index in [1.807, 2.05) is 12.1 Å².